The Balaban J connectivity index is 2.15. The van der Waals surface area contributed by atoms with Gasteiger partial charge in [0, 0.05) is 11.4 Å². The van der Waals surface area contributed by atoms with E-state index in [2.05, 4.69) is 4.98 Å². The van der Waals surface area contributed by atoms with E-state index >= 15 is 0 Å². The Hall–Kier alpha value is -1.33. The van der Waals surface area contributed by atoms with Gasteiger partial charge in [-0.15, -0.1) is 11.3 Å². The van der Waals surface area contributed by atoms with Crippen LogP contribution in [0.5, 0.6) is 0 Å². The van der Waals surface area contributed by atoms with Crippen molar-refractivity contribution in [1.29, 1.82) is 0 Å². The number of nitrogens with zero attached hydrogens (tertiary/aromatic N) is 1. The number of rotatable bonds is 3. The van der Waals surface area contributed by atoms with Crippen LogP contribution < -0.4 is 5.73 Å². The average Bonchev–Trinajstić information content (AvgIpc) is 2.69. The molecule has 5 heteroatoms. The molecule has 0 radical (unpaired) electrons. The highest BCUT2D eigenvalue weighted by Crippen LogP contribution is 2.20. The van der Waals surface area contributed by atoms with Crippen molar-refractivity contribution in [2.45, 2.75) is 19.4 Å². The number of hydrogen-bond donors (Lipinski definition) is 1. The molecule has 0 saturated carbocycles. The molecule has 0 spiro atoms. The number of thiazole rings is 1. The third-order valence-electron chi connectivity index (χ3n) is 2.47. The van der Waals surface area contributed by atoms with E-state index in [1.54, 1.807) is 0 Å². The fourth-order valence-electron chi connectivity index (χ4n) is 1.58. The van der Waals surface area contributed by atoms with Crippen molar-refractivity contribution in [3.8, 4) is 0 Å². The zero-order valence-corrected chi connectivity index (χ0v) is 10.1. The highest BCUT2D eigenvalue weighted by molar-refractivity contribution is 7.09. The molecule has 90 valence electrons. The van der Waals surface area contributed by atoms with Gasteiger partial charge in [0.1, 0.15) is 11.6 Å². The summed E-state index contributed by atoms with van der Waals surface area (Å²) in [6.45, 7) is 1.89. The molecule has 0 fully saturated rings. The third kappa shape index (κ3) is 2.87. The lowest BCUT2D eigenvalue weighted by Gasteiger charge is -2.09. The van der Waals surface area contributed by atoms with Crippen LogP contribution >= 0.6 is 11.3 Å². The molecular formula is C12H12F2N2S. The van der Waals surface area contributed by atoms with Crippen molar-refractivity contribution in [3.05, 3.63) is 51.5 Å². The lowest BCUT2D eigenvalue weighted by atomic mass is 10.0. The van der Waals surface area contributed by atoms with Gasteiger partial charge in [0.2, 0.25) is 0 Å². The van der Waals surface area contributed by atoms with E-state index in [0.717, 1.165) is 16.8 Å². The predicted octanol–water partition coefficient (Wildman–Crippen LogP) is 2.97. The van der Waals surface area contributed by atoms with Crippen LogP contribution in [0.4, 0.5) is 8.78 Å². The van der Waals surface area contributed by atoms with Crippen LogP contribution in [-0.2, 0) is 6.42 Å². The van der Waals surface area contributed by atoms with Gasteiger partial charge in [-0.3, -0.25) is 0 Å². The first kappa shape index (κ1) is 12.1. The molecule has 0 aliphatic heterocycles. The second kappa shape index (κ2) is 4.89. The molecule has 0 saturated heterocycles. The highest BCUT2D eigenvalue weighted by Gasteiger charge is 2.13. The largest absolute Gasteiger partial charge is 0.322 e. The smallest absolute Gasteiger partial charge is 0.129 e. The molecule has 0 aliphatic carbocycles. The topological polar surface area (TPSA) is 38.9 Å². The van der Waals surface area contributed by atoms with Crippen molar-refractivity contribution in [1.82, 2.24) is 4.98 Å². The van der Waals surface area contributed by atoms with E-state index in [0.29, 0.717) is 12.0 Å². The van der Waals surface area contributed by atoms with E-state index in [4.69, 9.17) is 5.73 Å². The first-order chi connectivity index (χ1) is 8.06. The van der Waals surface area contributed by atoms with Gasteiger partial charge < -0.3 is 5.73 Å². The second-order valence-electron chi connectivity index (χ2n) is 3.84. The standard InChI is InChI=1S/C12H12F2N2S/c1-7-16-12(6-17-7)11(15)4-8-2-3-9(13)5-10(8)14/h2-3,5-6,11H,4,15H2,1H3. The van der Waals surface area contributed by atoms with Gasteiger partial charge in [0.15, 0.2) is 0 Å². The fraction of sp³-hybridized carbons (Fsp3) is 0.250. The molecule has 1 atom stereocenters. The van der Waals surface area contributed by atoms with Gasteiger partial charge in [-0.05, 0) is 25.0 Å². The summed E-state index contributed by atoms with van der Waals surface area (Å²) in [6, 6.07) is 3.16. The summed E-state index contributed by atoms with van der Waals surface area (Å²) in [6.07, 6.45) is 0.315. The summed E-state index contributed by atoms with van der Waals surface area (Å²) < 4.78 is 26.1. The van der Waals surface area contributed by atoms with Crippen molar-refractivity contribution < 1.29 is 8.78 Å². The van der Waals surface area contributed by atoms with Gasteiger partial charge in [-0.2, -0.15) is 0 Å². The summed E-state index contributed by atoms with van der Waals surface area (Å²) in [5.41, 5.74) is 7.08. The summed E-state index contributed by atoms with van der Waals surface area (Å²) in [5, 5.41) is 2.79. The highest BCUT2D eigenvalue weighted by atomic mass is 32.1. The summed E-state index contributed by atoms with van der Waals surface area (Å²) >= 11 is 1.51. The lowest BCUT2D eigenvalue weighted by Crippen LogP contribution is -2.14. The van der Waals surface area contributed by atoms with Gasteiger partial charge in [-0.25, -0.2) is 13.8 Å². The number of hydrogen-bond acceptors (Lipinski definition) is 3. The van der Waals surface area contributed by atoms with E-state index in [1.807, 2.05) is 12.3 Å². The van der Waals surface area contributed by atoms with Gasteiger partial charge in [-0.1, -0.05) is 6.07 Å². The second-order valence-corrected chi connectivity index (χ2v) is 4.90. The first-order valence-corrected chi connectivity index (χ1v) is 6.06. The maximum Gasteiger partial charge on any atom is 0.129 e. The van der Waals surface area contributed by atoms with Crippen LogP contribution in [-0.4, -0.2) is 4.98 Å². The normalized spacial score (nSPS) is 12.7. The maximum absolute atomic E-state index is 13.4. The molecule has 0 bridgehead atoms. The number of benzene rings is 1. The minimum absolute atomic E-state index is 0.315. The minimum atomic E-state index is -0.579. The summed E-state index contributed by atoms with van der Waals surface area (Å²) in [4.78, 5) is 4.25. The van der Waals surface area contributed by atoms with E-state index in [-0.39, 0.29) is 6.04 Å². The quantitative estimate of drug-likeness (QED) is 0.914. The number of halogens is 2. The van der Waals surface area contributed by atoms with Crippen LogP contribution in [0.25, 0.3) is 0 Å². The molecule has 0 amide bonds. The molecule has 2 N–H and O–H groups in total. The molecule has 17 heavy (non-hydrogen) atoms. The minimum Gasteiger partial charge on any atom is -0.322 e. The van der Waals surface area contributed by atoms with Crippen LogP contribution in [0.15, 0.2) is 23.6 Å². The Morgan fingerprint density at radius 2 is 2.18 bits per heavy atom. The molecule has 1 aromatic carbocycles. The molecule has 1 aromatic heterocycles. The number of nitrogens with two attached hydrogens (primary N) is 1. The zero-order valence-electron chi connectivity index (χ0n) is 9.28. The number of aryl methyl sites for hydroxylation is 1. The summed E-state index contributed by atoms with van der Waals surface area (Å²) in [5.74, 6) is -1.14. The monoisotopic (exact) mass is 254 g/mol. The van der Waals surface area contributed by atoms with Crippen LogP contribution in [0.1, 0.15) is 22.3 Å². The Morgan fingerprint density at radius 1 is 1.41 bits per heavy atom. The molecule has 1 heterocycles. The zero-order chi connectivity index (χ0) is 12.4. The molecule has 0 aliphatic rings. The third-order valence-corrected chi connectivity index (χ3v) is 3.26. The Labute approximate surface area is 102 Å². The first-order valence-electron chi connectivity index (χ1n) is 5.18. The summed E-state index contributed by atoms with van der Waals surface area (Å²) in [7, 11) is 0. The number of aromatic nitrogens is 1. The van der Waals surface area contributed by atoms with Crippen molar-refractivity contribution >= 4 is 11.3 Å². The van der Waals surface area contributed by atoms with Crippen LogP contribution in [0, 0.1) is 18.6 Å². The van der Waals surface area contributed by atoms with Gasteiger partial charge >= 0.3 is 0 Å². The van der Waals surface area contributed by atoms with E-state index in [9.17, 15) is 8.78 Å². The Kier molecular flexibility index (Phi) is 3.49. The lowest BCUT2D eigenvalue weighted by molar-refractivity contribution is 0.561. The van der Waals surface area contributed by atoms with Crippen molar-refractivity contribution in [2.24, 2.45) is 5.73 Å². The molecule has 1 unspecified atom stereocenters. The predicted molar refractivity (Wildman–Crippen MR) is 63.8 cm³/mol. The van der Waals surface area contributed by atoms with Gasteiger partial charge in [0.25, 0.3) is 0 Å². The van der Waals surface area contributed by atoms with Crippen LogP contribution in [0.2, 0.25) is 0 Å². The maximum atomic E-state index is 13.4. The van der Waals surface area contributed by atoms with E-state index in [1.165, 1.54) is 23.5 Å². The molecular weight excluding hydrogens is 242 g/mol. The molecule has 2 nitrogen and oxygen atoms in total. The Morgan fingerprint density at radius 3 is 2.76 bits per heavy atom. The Bertz CT molecular complexity index is 525. The average molecular weight is 254 g/mol. The fourth-order valence-corrected chi connectivity index (χ4v) is 2.26. The molecule has 2 aromatic rings. The van der Waals surface area contributed by atoms with Gasteiger partial charge in [0.05, 0.1) is 16.7 Å². The SMILES string of the molecule is Cc1nc(C(N)Cc2ccc(F)cc2F)cs1. The van der Waals surface area contributed by atoms with Crippen molar-refractivity contribution in [2.75, 3.05) is 0 Å². The van der Waals surface area contributed by atoms with Crippen LogP contribution in [0.3, 0.4) is 0 Å². The van der Waals surface area contributed by atoms with Crippen molar-refractivity contribution in [3.63, 3.8) is 0 Å². The van der Waals surface area contributed by atoms with E-state index < -0.39 is 11.6 Å². The molecule has 2 rings (SSSR count).